The first-order chi connectivity index (χ1) is 10.9. The molecule has 0 saturated carbocycles. The lowest BCUT2D eigenvalue weighted by atomic mass is 10.1. The van der Waals surface area contributed by atoms with Crippen molar-refractivity contribution in [2.75, 3.05) is 0 Å². The van der Waals surface area contributed by atoms with E-state index in [0.717, 1.165) is 0 Å². The lowest BCUT2D eigenvalue weighted by Crippen LogP contribution is -2.32. The number of hydrogen-bond acceptors (Lipinski definition) is 5. The number of nitrogens with zero attached hydrogens (tertiary/aromatic N) is 1. The summed E-state index contributed by atoms with van der Waals surface area (Å²) in [6, 6.07) is 6.92. The third-order valence-corrected chi connectivity index (χ3v) is 3.06. The molecule has 1 aromatic heterocycles. The Morgan fingerprint density at radius 2 is 1.83 bits per heavy atom. The van der Waals surface area contributed by atoms with Gasteiger partial charge in [-0.05, 0) is 36.2 Å². The minimum Gasteiger partial charge on any atom is -0.480 e. The van der Waals surface area contributed by atoms with Gasteiger partial charge in [0.05, 0.1) is 5.69 Å². The van der Waals surface area contributed by atoms with Crippen LogP contribution in [0.25, 0.3) is 5.69 Å². The van der Waals surface area contributed by atoms with E-state index >= 15 is 0 Å². The van der Waals surface area contributed by atoms with E-state index in [1.165, 1.54) is 12.1 Å². The maximum Gasteiger partial charge on any atom is 0.422 e. The second-order valence-corrected chi connectivity index (χ2v) is 4.74. The Hall–Kier alpha value is -3.13. The Balaban J connectivity index is 2.37. The molecular weight excluding hydrogens is 304 g/mol. The summed E-state index contributed by atoms with van der Waals surface area (Å²) in [7, 11) is 0. The Morgan fingerprint density at radius 3 is 2.39 bits per heavy atom. The van der Waals surface area contributed by atoms with Gasteiger partial charge in [0, 0.05) is 12.4 Å². The summed E-state index contributed by atoms with van der Waals surface area (Å²) in [6.45, 7) is 0. The summed E-state index contributed by atoms with van der Waals surface area (Å²) in [6.07, 6.45) is 3.43. The van der Waals surface area contributed by atoms with Crippen molar-refractivity contribution in [3.05, 3.63) is 48.3 Å². The van der Waals surface area contributed by atoms with E-state index < -0.39 is 23.9 Å². The highest BCUT2D eigenvalue weighted by atomic mass is 16.6. The van der Waals surface area contributed by atoms with Crippen molar-refractivity contribution >= 4 is 17.9 Å². The summed E-state index contributed by atoms with van der Waals surface area (Å²) in [5.41, 5.74) is 6.52. The maximum atomic E-state index is 11.3. The van der Waals surface area contributed by atoms with E-state index in [-0.39, 0.29) is 12.2 Å². The Kier molecular flexibility index (Phi) is 4.77. The largest absolute Gasteiger partial charge is 0.480 e. The minimum absolute atomic E-state index is 0.0428. The van der Waals surface area contributed by atoms with Crippen LogP contribution in [0.3, 0.4) is 0 Å². The van der Waals surface area contributed by atoms with Gasteiger partial charge in [-0.25, -0.2) is 9.59 Å². The summed E-state index contributed by atoms with van der Waals surface area (Å²) in [5, 5.41) is 17.5. The highest BCUT2D eigenvalue weighted by Gasteiger charge is 2.19. The van der Waals surface area contributed by atoms with Crippen molar-refractivity contribution in [3.63, 3.8) is 0 Å². The fraction of sp³-hybridized carbons (Fsp3) is 0.133. The number of carboxylic acid groups (broad SMARTS) is 2. The zero-order valence-corrected chi connectivity index (χ0v) is 11.9. The number of hydrogen-bond donors (Lipinski definition) is 3. The molecule has 23 heavy (non-hydrogen) atoms. The monoisotopic (exact) mass is 318 g/mol. The van der Waals surface area contributed by atoms with E-state index in [4.69, 9.17) is 20.7 Å². The van der Waals surface area contributed by atoms with Gasteiger partial charge in [0.25, 0.3) is 0 Å². The molecule has 2 aromatic rings. The van der Waals surface area contributed by atoms with Crippen LogP contribution in [0.1, 0.15) is 5.56 Å². The van der Waals surface area contributed by atoms with E-state index in [0.29, 0.717) is 11.3 Å². The third kappa shape index (κ3) is 3.95. The number of rotatable bonds is 5. The zero-order chi connectivity index (χ0) is 17.0. The van der Waals surface area contributed by atoms with Crippen LogP contribution in [-0.4, -0.2) is 38.7 Å². The molecule has 0 amide bonds. The topological polar surface area (TPSA) is 132 Å². The van der Waals surface area contributed by atoms with Crippen LogP contribution in [0.2, 0.25) is 0 Å². The maximum absolute atomic E-state index is 11.3. The highest BCUT2D eigenvalue weighted by molar-refractivity contribution is 6.29. The molecule has 8 nitrogen and oxygen atoms in total. The van der Waals surface area contributed by atoms with Gasteiger partial charge in [0.2, 0.25) is 0 Å². The van der Waals surface area contributed by atoms with Gasteiger partial charge in [-0.3, -0.25) is 4.79 Å². The normalized spacial score (nSPS) is 11.7. The van der Waals surface area contributed by atoms with Crippen LogP contribution in [0.5, 0.6) is 5.75 Å². The minimum atomic E-state index is -1.71. The van der Waals surface area contributed by atoms with Gasteiger partial charge in [-0.15, -0.1) is 0 Å². The number of ether oxygens (including phenoxy) is 1. The number of nitrogens with two attached hydrogens (primary N) is 1. The Morgan fingerprint density at radius 1 is 1.17 bits per heavy atom. The van der Waals surface area contributed by atoms with Crippen molar-refractivity contribution in [1.29, 1.82) is 0 Å². The van der Waals surface area contributed by atoms with Crippen molar-refractivity contribution in [1.82, 2.24) is 4.57 Å². The molecule has 120 valence electrons. The van der Waals surface area contributed by atoms with Gasteiger partial charge in [0.15, 0.2) is 5.75 Å². The number of carboxylic acids is 2. The molecule has 0 aliphatic carbocycles. The third-order valence-electron chi connectivity index (χ3n) is 3.06. The number of aliphatic carboxylic acids is 2. The number of carbonyl (C=O) groups excluding carboxylic acids is 1. The average Bonchev–Trinajstić information content (AvgIpc) is 3.02. The van der Waals surface area contributed by atoms with Crippen LogP contribution >= 0.6 is 0 Å². The fourth-order valence-electron chi connectivity index (χ4n) is 1.96. The first kappa shape index (κ1) is 16.2. The lowest BCUT2D eigenvalue weighted by molar-refractivity contribution is -0.158. The summed E-state index contributed by atoms with van der Waals surface area (Å²) >= 11 is 0. The highest BCUT2D eigenvalue weighted by Crippen LogP contribution is 2.25. The van der Waals surface area contributed by atoms with Gasteiger partial charge < -0.3 is 25.3 Å². The smallest absolute Gasteiger partial charge is 0.422 e. The predicted molar refractivity (Wildman–Crippen MR) is 78.4 cm³/mol. The molecule has 0 unspecified atom stereocenters. The van der Waals surface area contributed by atoms with Crippen LogP contribution in [0.15, 0.2) is 42.7 Å². The van der Waals surface area contributed by atoms with Crippen molar-refractivity contribution in [2.24, 2.45) is 5.73 Å². The summed E-state index contributed by atoms with van der Waals surface area (Å²) in [5.74, 6) is -4.20. The van der Waals surface area contributed by atoms with Gasteiger partial charge in [-0.1, -0.05) is 6.07 Å². The van der Waals surface area contributed by atoms with Crippen LogP contribution in [0, 0.1) is 0 Å². The molecule has 1 aromatic carbocycles. The number of esters is 1. The lowest BCUT2D eigenvalue weighted by Gasteiger charge is -2.13. The second kappa shape index (κ2) is 6.75. The summed E-state index contributed by atoms with van der Waals surface area (Å²) < 4.78 is 6.44. The molecule has 4 N–H and O–H groups in total. The van der Waals surface area contributed by atoms with Crippen LogP contribution in [0.4, 0.5) is 0 Å². The van der Waals surface area contributed by atoms with Gasteiger partial charge in [-0.2, -0.15) is 0 Å². The Bertz CT molecular complexity index is 738. The molecule has 0 aliphatic rings. The molecule has 0 aliphatic heterocycles. The predicted octanol–water partition coefficient (Wildman–Crippen LogP) is 0.422. The van der Waals surface area contributed by atoms with Crippen molar-refractivity contribution in [3.8, 4) is 11.4 Å². The SMILES string of the molecule is N[C@@H](Cc1ccc(OC(=O)C(=O)O)c(-n2cccc2)c1)C(=O)O. The molecule has 0 spiro atoms. The van der Waals surface area contributed by atoms with E-state index in [9.17, 15) is 14.4 Å². The molecule has 0 bridgehead atoms. The van der Waals surface area contributed by atoms with Crippen molar-refractivity contribution < 1.29 is 29.3 Å². The van der Waals surface area contributed by atoms with Crippen LogP contribution < -0.4 is 10.5 Å². The average molecular weight is 318 g/mol. The molecular formula is C15H14N2O6. The zero-order valence-electron chi connectivity index (χ0n) is 11.9. The first-order valence-electron chi connectivity index (χ1n) is 6.58. The van der Waals surface area contributed by atoms with Gasteiger partial charge >= 0.3 is 17.9 Å². The number of carbonyl (C=O) groups is 3. The molecule has 1 heterocycles. The first-order valence-corrected chi connectivity index (χ1v) is 6.58. The molecule has 8 heteroatoms. The van der Waals surface area contributed by atoms with E-state index in [1.54, 1.807) is 35.2 Å². The van der Waals surface area contributed by atoms with E-state index in [2.05, 4.69) is 0 Å². The summed E-state index contributed by atoms with van der Waals surface area (Å²) in [4.78, 5) is 32.7. The number of aromatic nitrogens is 1. The quantitative estimate of drug-likeness (QED) is 0.413. The van der Waals surface area contributed by atoms with E-state index in [1.807, 2.05) is 0 Å². The molecule has 0 saturated heterocycles. The molecule has 1 atom stereocenters. The molecule has 2 rings (SSSR count). The van der Waals surface area contributed by atoms with Gasteiger partial charge in [0.1, 0.15) is 6.04 Å². The van der Waals surface area contributed by atoms with Crippen LogP contribution in [-0.2, 0) is 20.8 Å². The molecule has 0 fully saturated rings. The standard InChI is InChI=1S/C15H14N2O6/c16-10(13(18)19)7-9-3-4-12(23-15(22)14(20)21)11(8-9)17-5-1-2-6-17/h1-6,8,10H,7,16H2,(H,18,19)(H,20,21)/t10-/m0/s1. The Labute approximate surface area is 130 Å². The molecule has 0 radical (unpaired) electrons. The second-order valence-electron chi connectivity index (χ2n) is 4.74. The van der Waals surface area contributed by atoms with Crippen molar-refractivity contribution in [2.45, 2.75) is 12.5 Å². The fourth-order valence-corrected chi connectivity index (χ4v) is 1.96. The number of benzene rings is 1.